The summed E-state index contributed by atoms with van der Waals surface area (Å²) in [7, 11) is 0. The van der Waals surface area contributed by atoms with Crippen LogP contribution in [0.15, 0.2) is 49.1 Å². The number of nitrogens with zero attached hydrogens (tertiary/aromatic N) is 6. The van der Waals surface area contributed by atoms with E-state index in [9.17, 15) is 14.0 Å². The van der Waals surface area contributed by atoms with Crippen LogP contribution >= 0.6 is 0 Å². The zero-order valence-electron chi connectivity index (χ0n) is 21.6. The van der Waals surface area contributed by atoms with Crippen molar-refractivity contribution in [3.05, 3.63) is 77.3 Å². The van der Waals surface area contributed by atoms with E-state index in [1.807, 2.05) is 0 Å². The molecule has 3 aliphatic heterocycles. The number of carbonyl (C=O) groups excluding carboxylic acids is 2. The van der Waals surface area contributed by atoms with Crippen molar-refractivity contribution in [3.63, 3.8) is 0 Å². The Morgan fingerprint density at radius 2 is 1.83 bits per heavy atom. The van der Waals surface area contributed by atoms with Crippen molar-refractivity contribution in [2.45, 2.75) is 25.3 Å². The quantitative estimate of drug-likeness (QED) is 0.348. The van der Waals surface area contributed by atoms with Gasteiger partial charge in [0.25, 0.3) is 0 Å². The molecule has 2 aromatic carbocycles. The molecule has 3 aliphatic rings. The van der Waals surface area contributed by atoms with E-state index in [1.165, 1.54) is 29.5 Å². The molecule has 1 atom stereocenters. The number of imidazole rings is 1. The lowest BCUT2D eigenvalue weighted by Crippen LogP contribution is -2.46. The number of nitrogens with one attached hydrogen (secondary N) is 2. The van der Waals surface area contributed by atoms with E-state index < -0.39 is 5.41 Å². The molecule has 0 aliphatic carbocycles. The number of hydrogen-bond acceptors (Lipinski definition) is 8. The van der Waals surface area contributed by atoms with E-state index >= 15 is 0 Å². The van der Waals surface area contributed by atoms with Crippen LogP contribution in [-0.2, 0) is 21.5 Å². The van der Waals surface area contributed by atoms with E-state index in [-0.39, 0.29) is 30.6 Å². The van der Waals surface area contributed by atoms with Crippen LogP contribution in [-0.4, -0.2) is 54.7 Å². The molecule has 3 aromatic heterocycles. The fourth-order valence-corrected chi connectivity index (χ4v) is 6.17. The maximum absolute atomic E-state index is 14.7. The van der Waals surface area contributed by atoms with Gasteiger partial charge >= 0.3 is 0 Å². The number of aryl methyl sites for hydroxylation is 1. The molecule has 2 amide bonds. The van der Waals surface area contributed by atoms with Gasteiger partial charge in [-0.25, -0.2) is 19.3 Å². The number of aromatic amines is 1. The second-order valence-corrected chi connectivity index (χ2v) is 10.2. The number of rotatable bonds is 3. The number of halogens is 1. The number of hydrogen-bond donors (Lipinski definition) is 2. The largest absolute Gasteiger partial charge is 0.486 e. The molecule has 0 radical (unpaired) electrons. The van der Waals surface area contributed by atoms with Crippen LogP contribution in [0.25, 0.3) is 17.0 Å². The molecule has 8 rings (SSSR count). The van der Waals surface area contributed by atoms with Gasteiger partial charge in [-0.3, -0.25) is 9.59 Å². The molecular formula is C28H21FN8O4. The van der Waals surface area contributed by atoms with Crippen molar-refractivity contribution < 1.29 is 23.5 Å². The highest BCUT2D eigenvalue weighted by molar-refractivity contribution is 6.16. The fraction of sp³-hybridized carbons (Fsp3) is 0.214. The Morgan fingerprint density at radius 1 is 1.05 bits per heavy atom. The Labute approximate surface area is 231 Å². The van der Waals surface area contributed by atoms with E-state index in [0.717, 1.165) is 5.56 Å². The Kier molecular flexibility index (Phi) is 4.79. The van der Waals surface area contributed by atoms with Crippen molar-refractivity contribution in [1.82, 2.24) is 29.7 Å². The summed E-state index contributed by atoms with van der Waals surface area (Å²) < 4.78 is 26.9. The minimum absolute atomic E-state index is 0.138. The molecule has 1 unspecified atom stereocenters. The molecule has 204 valence electrons. The van der Waals surface area contributed by atoms with Gasteiger partial charge in [0.05, 0.1) is 24.3 Å². The minimum atomic E-state index is -1.40. The van der Waals surface area contributed by atoms with E-state index in [4.69, 9.17) is 14.6 Å². The van der Waals surface area contributed by atoms with Gasteiger partial charge in [0.2, 0.25) is 11.8 Å². The third-order valence-corrected chi connectivity index (χ3v) is 7.85. The highest BCUT2D eigenvalue weighted by Crippen LogP contribution is 2.56. The van der Waals surface area contributed by atoms with Crippen LogP contribution in [0, 0.1) is 12.7 Å². The molecule has 6 heterocycles. The Balaban J connectivity index is 1.37. The summed E-state index contributed by atoms with van der Waals surface area (Å²) in [5.74, 6) is 0.707. The summed E-state index contributed by atoms with van der Waals surface area (Å²) in [6.07, 6.45) is 2.73. The van der Waals surface area contributed by atoms with Gasteiger partial charge in [0.15, 0.2) is 23.0 Å². The zero-order valence-corrected chi connectivity index (χ0v) is 21.6. The van der Waals surface area contributed by atoms with Crippen LogP contribution in [0.3, 0.4) is 0 Å². The monoisotopic (exact) mass is 552 g/mol. The van der Waals surface area contributed by atoms with Crippen LogP contribution in [0.1, 0.15) is 28.8 Å². The molecule has 2 N–H and O–H groups in total. The van der Waals surface area contributed by atoms with Crippen LogP contribution in [0.5, 0.6) is 11.5 Å². The molecule has 1 spiro atoms. The topological polar surface area (TPSA) is 140 Å². The summed E-state index contributed by atoms with van der Waals surface area (Å²) in [5, 5.41) is 7.69. The Morgan fingerprint density at radius 3 is 2.63 bits per heavy atom. The van der Waals surface area contributed by atoms with Gasteiger partial charge < -0.3 is 24.7 Å². The lowest BCUT2D eigenvalue weighted by Gasteiger charge is -2.33. The smallest absolute Gasteiger partial charge is 0.243 e. The maximum atomic E-state index is 14.7. The summed E-state index contributed by atoms with van der Waals surface area (Å²) >= 11 is 0. The van der Waals surface area contributed by atoms with Crippen molar-refractivity contribution in [3.8, 4) is 17.3 Å². The zero-order chi connectivity index (χ0) is 27.9. The average Bonchev–Trinajstić information content (AvgIpc) is 3.64. The molecule has 13 heteroatoms. The number of ether oxygens (including phenoxy) is 2. The normalized spacial score (nSPS) is 19.0. The Bertz CT molecular complexity index is 1920. The second-order valence-electron chi connectivity index (χ2n) is 10.2. The predicted molar refractivity (Wildman–Crippen MR) is 143 cm³/mol. The average molecular weight is 553 g/mol. The molecule has 5 aromatic rings. The lowest BCUT2D eigenvalue weighted by molar-refractivity contribution is -0.126. The predicted octanol–water partition coefficient (Wildman–Crippen LogP) is 2.93. The molecule has 0 fully saturated rings. The van der Waals surface area contributed by atoms with Gasteiger partial charge in [0, 0.05) is 23.6 Å². The first-order valence-corrected chi connectivity index (χ1v) is 13.0. The summed E-state index contributed by atoms with van der Waals surface area (Å²) in [4.78, 5) is 45.6. The molecule has 0 bridgehead atoms. The van der Waals surface area contributed by atoms with Gasteiger partial charge in [0.1, 0.15) is 42.1 Å². The lowest BCUT2D eigenvalue weighted by atomic mass is 9.70. The molecule has 12 nitrogen and oxygen atoms in total. The van der Waals surface area contributed by atoms with Crippen LogP contribution in [0.2, 0.25) is 0 Å². The SMILES string of the molecule is Cc1nn(-c2ncnc3nc[nH]c23)c2c1C1(CC(=O)N2)C(=O)N(Cc2ccc(F)cc2)c2cc3c(cc21)OCCO3. The van der Waals surface area contributed by atoms with Gasteiger partial charge in [-0.15, -0.1) is 0 Å². The van der Waals surface area contributed by atoms with Crippen molar-refractivity contribution in [2.75, 3.05) is 23.4 Å². The summed E-state index contributed by atoms with van der Waals surface area (Å²) in [6.45, 7) is 2.71. The molecule has 0 saturated heterocycles. The summed E-state index contributed by atoms with van der Waals surface area (Å²) in [5.41, 5.74) is 2.61. The van der Waals surface area contributed by atoms with E-state index in [2.05, 4.69) is 25.3 Å². The summed E-state index contributed by atoms with van der Waals surface area (Å²) in [6, 6.07) is 9.56. The number of fused-ring (bicyclic) bond motifs is 6. The minimum Gasteiger partial charge on any atom is -0.486 e. The number of amides is 2. The number of carbonyl (C=O) groups is 2. The van der Waals surface area contributed by atoms with Gasteiger partial charge in [-0.2, -0.15) is 9.78 Å². The van der Waals surface area contributed by atoms with E-state index in [1.54, 1.807) is 36.1 Å². The standard InChI is InChI=1S/C28H21FN8O4/c1-14-22-25(37(35-14)26-23-24(31-12-30-23)32-13-33-26)34-21(38)10-28(22)17-8-19-20(41-7-6-40-19)9-18(17)36(27(28)39)11-15-2-4-16(29)5-3-15/h2-5,8-9,12-13H,6-7,10-11H2,1H3,(H,34,38)(H,30,31,32,33). The van der Waals surface area contributed by atoms with Crippen LogP contribution in [0.4, 0.5) is 15.9 Å². The van der Waals surface area contributed by atoms with E-state index in [0.29, 0.717) is 70.0 Å². The number of aromatic nitrogens is 6. The highest BCUT2D eigenvalue weighted by atomic mass is 19.1. The maximum Gasteiger partial charge on any atom is 0.243 e. The van der Waals surface area contributed by atoms with Crippen LogP contribution < -0.4 is 19.7 Å². The molecular weight excluding hydrogens is 531 g/mol. The Hall–Kier alpha value is -5.33. The number of H-pyrrole nitrogens is 1. The van der Waals surface area contributed by atoms with Crippen molar-refractivity contribution >= 4 is 34.5 Å². The third-order valence-electron chi connectivity index (χ3n) is 7.85. The number of anilines is 2. The third kappa shape index (κ3) is 3.25. The van der Waals surface area contributed by atoms with Gasteiger partial charge in [-0.1, -0.05) is 12.1 Å². The van der Waals surface area contributed by atoms with Gasteiger partial charge in [-0.05, 0) is 30.7 Å². The molecule has 41 heavy (non-hydrogen) atoms. The van der Waals surface area contributed by atoms with Crippen molar-refractivity contribution in [1.29, 1.82) is 0 Å². The number of benzene rings is 2. The molecule has 0 saturated carbocycles. The fourth-order valence-electron chi connectivity index (χ4n) is 6.17. The first kappa shape index (κ1) is 23.5. The van der Waals surface area contributed by atoms with Crippen molar-refractivity contribution in [2.24, 2.45) is 0 Å². The second kappa shape index (κ2) is 8.34. The first-order chi connectivity index (χ1) is 19.9. The first-order valence-electron chi connectivity index (χ1n) is 13.0. The highest BCUT2D eigenvalue weighted by Gasteiger charge is 2.58.